The highest BCUT2D eigenvalue weighted by Gasteiger charge is 2.35. The number of ether oxygens (including phenoxy) is 3. The maximum Gasteiger partial charge on any atom is 0.231 e. The maximum absolute atomic E-state index is 5.76. The van der Waals surface area contributed by atoms with Crippen molar-refractivity contribution >= 4 is 0 Å². The van der Waals surface area contributed by atoms with E-state index in [1.54, 1.807) is 7.11 Å². The monoisotopic (exact) mass is 327 g/mol. The molecule has 2 aliphatic rings. The summed E-state index contributed by atoms with van der Waals surface area (Å²) in [7, 11) is 5.99. The first-order valence-electron chi connectivity index (χ1n) is 8.32. The van der Waals surface area contributed by atoms with E-state index in [0.29, 0.717) is 0 Å². The molecule has 0 bridgehead atoms. The van der Waals surface area contributed by atoms with Crippen molar-refractivity contribution in [2.24, 2.45) is 7.05 Å². The van der Waals surface area contributed by atoms with Crippen LogP contribution in [0.2, 0.25) is 0 Å². The Kier molecular flexibility index (Phi) is 3.81. The molecule has 1 unspecified atom stereocenters. The van der Waals surface area contributed by atoms with Crippen molar-refractivity contribution in [3.63, 3.8) is 0 Å². The number of aryl methyl sites for hydroxylation is 1. The van der Waals surface area contributed by atoms with Crippen molar-refractivity contribution < 1.29 is 18.8 Å². The van der Waals surface area contributed by atoms with Crippen LogP contribution in [0.4, 0.5) is 0 Å². The second-order valence-electron chi connectivity index (χ2n) is 6.47. The summed E-state index contributed by atoms with van der Waals surface area (Å²) in [5.41, 5.74) is 3.83. The van der Waals surface area contributed by atoms with Gasteiger partial charge in [-0.15, -0.1) is 0 Å². The second kappa shape index (κ2) is 5.98. The molecule has 0 spiro atoms. The van der Waals surface area contributed by atoms with Gasteiger partial charge in [-0.25, -0.2) is 4.57 Å². The Morgan fingerprint density at radius 1 is 1.33 bits per heavy atom. The molecule has 2 aliphatic heterocycles. The summed E-state index contributed by atoms with van der Waals surface area (Å²) in [5.74, 6) is 2.38. The predicted octanol–water partition coefficient (Wildman–Crippen LogP) is 2.02. The molecule has 5 heteroatoms. The Bertz CT molecular complexity index is 775. The van der Waals surface area contributed by atoms with Crippen molar-refractivity contribution in [1.29, 1.82) is 0 Å². The minimum absolute atomic E-state index is 0.256. The van der Waals surface area contributed by atoms with Crippen LogP contribution in [0, 0.1) is 0 Å². The standard InChI is InChI=1S/C19H23N2O3/c1-20-8-5-4-6-14(20)11-15-17-13(7-9-21(15)2)10-16-18(19(17)22-3)24-12-23-16/h4-6,8,10,15H,7,9,11-12H2,1-3H3/q+1. The molecule has 0 N–H and O–H groups in total. The van der Waals surface area contributed by atoms with E-state index in [1.807, 2.05) is 0 Å². The summed E-state index contributed by atoms with van der Waals surface area (Å²) in [4.78, 5) is 2.40. The van der Waals surface area contributed by atoms with Gasteiger partial charge in [0.25, 0.3) is 0 Å². The SMILES string of the molecule is COc1c2c(cc3c1C(Cc1cccc[n+]1C)N(C)CC3)OCO2. The van der Waals surface area contributed by atoms with Gasteiger partial charge in [0.2, 0.25) is 12.5 Å². The molecule has 126 valence electrons. The first-order chi connectivity index (χ1) is 11.7. The quantitative estimate of drug-likeness (QED) is 0.808. The first-order valence-corrected chi connectivity index (χ1v) is 8.32. The van der Waals surface area contributed by atoms with Crippen LogP contribution in [0.25, 0.3) is 0 Å². The molecule has 0 radical (unpaired) electrons. The lowest BCUT2D eigenvalue weighted by Crippen LogP contribution is -2.39. The molecule has 5 nitrogen and oxygen atoms in total. The average Bonchev–Trinajstić information content (AvgIpc) is 3.05. The summed E-state index contributed by atoms with van der Waals surface area (Å²) in [6, 6.07) is 8.72. The van der Waals surface area contributed by atoms with E-state index in [4.69, 9.17) is 14.2 Å². The Morgan fingerprint density at radius 3 is 3.00 bits per heavy atom. The molecule has 0 saturated heterocycles. The lowest BCUT2D eigenvalue weighted by atomic mass is 9.88. The molecule has 0 fully saturated rings. The van der Waals surface area contributed by atoms with E-state index in [0.717, 1.165) is 36.6 Å². The van der Waals surface area contributed by atoms with Gasteiger partial charge in [-0.2, -0.15) is 0 Å². The van der Waals surface area contributed by atoms with Crippen LogP contribution in [-0.4, -0.2) is 32.4 Å². The van der Waals surface area contributed by atoms with Crippen molar-refractivity contribution in [2.75, 3.05) is 27.5 Å². The minimum atomic E-state index is 0.256. The molecule has 2 aromatic rings. The number of aromatic nitrogens is 1. The van der Waals surface area contributed by atoms with Gasteiger partial charge in [-0.05, 0) is 25.1 Å². The summed E-state index contributed by atoms with van der Waals surface area (Å²) < 4.78 is 19.2. The van der Waals surface area contributed by atoms with Crippen LogP contribution in [0.3, 0.4) is 0 Å². The van der Waals surface area contributed by atoms with Gasteiger partial charge >= 0.3 is 0 Å². The lowest BCUT2D eigenvalue weighted by Gasteiger charge is -2.35. The highest BCUT2D eigenvalue weighted by Crippen LogP contribution is 2.49. The fraction of sp³-hybridized carbons (Fsp3) is 0.421. The molecule has 0 aliphatic carbocycles. The number of hydrogen-bond donors (Lipinski definition) is 0. The fourth-order valence-electron chi connectivity index (χ4n) is 3.75. The van der Waals surface area contributed by atoms with E-state index in [2.05, 4.69) is 54.0 Å². The van der Waals surface area contributed by atoms with Crippen LogP contribution in [0.15, 0.2) is 30.5 Å². The summed E-state index contributed by atoms with van der Waals surface area (Å²) in [6.07, 6.45) is 4.02. The topological polar surface area (TPSA) is 34.8 Å². The molecule has 24 heavy (non-hydrogen) atoms. The smallest absolute Gasteiger partial charge is 0.231 e. The molecule has 1 aromatic carbocycles. The normalized spacial score (nSPS) is 19.2. The zero-order valence-corrected chi connectivity index (χ0v) is 14.4. The average molecular weight is 327 g/mol. The fourth-order valence-corrected chi connectivity index (χ4v) is 3.75. The Morgan fingerprint density at radius 2 is 2.21 bits per heavy atom. The van der Waals surface area contributed by atoms with E-state index in [1.165, 1.54) is 16.8 Å². The lowest BCUT2D eigenvalue weighted by molar-refractivity contribution is -0.679. The minimum Gasteiger partial charge on any atom is -0.492 e. The molecule has 0 amide bonds. The second-order valence-corrected chi connectivity index (χ2v) is 6.47. The summed E-state index contributed by atoms with van der Waals surface area (Å²) >= 11 is 0. The number of methoxy groups -OCH3 is 1. The zero-order chi connectivity index (χ0) is 16.7. The van der Waals surface area contributed by atoms with Crippen LogP contribution >= 0.6 is 0 Å². The highest BCUT2D eigenvalue weighted by molar-refractivity contribution is 5.61. The molecule has 1 atom stereocenters. The number of likely N-dealkylation sites (N-methyl/N-ethyl adjacent to an activating group) is 1. The van der Waals surface area contributed by atoms with E-state index in [9.17, 15) is 0 Å². The Balaban J connectivity index is 1.81. The Labute approximate surface area is 142 Å². The summed E-state index contributed by atoms with van der Waals surface area (Å²) in [6.45, 7) is 1.29. The van der Waals surface area contributed by atoms with Gasteiger partial charge in [-0.3, -0.25) is 4.90 Å². The first kappa shape index (κ1) is 15.3. The molecule has 0 saturated carbocycles. The summed E-state index contributed by atoms with van der Waals surface area (Å²) in [5, 5.41) is 0. The molecular weight excluding hydrogens is 304 g/mol. The van der Waals surface area contributed by atoms with Gasteiger partial charge < -0.3 is 14.2 Å². The van der Waals surface area contributed by atoms with Crippen LogP contribution in [0.5, 0.6) is 17.2 Å². The van der Waals surface area contributed by atoms with Crippen molar-refractivity contribution in [2.45, 2.75) is 18.9 Å². The van der Waals surface area contributed by atoms with Crippen LogP contribution in [0.1, 0.15) is 22.9 Å². The molecule has 3 heterocycles. The number of nitrogens with zero attached hydrogens (tertiary/aromatic N) is 2. The number of rotatable bonds is 3. The zero-order valence-electron chi connectivity index (χ0n) is 14.4. The molecule has 4 rings (SSSR count). The molecule has 1 aromatic heterocycles. The van der Waals surface area contributed by atoms with Crippen LogP contribution in [-0.2, 0) is 19.9 Å². The Hall–Kier alpha value is -2.27. The van der Waals surface area contributed by atoms with Gasteiger partial charge in [0.15, 0.2) is 23.4 Å². The van der Waals surface area contributed by atoms with Crippen molar-refractivity contribution in [3.8, 4) is 17.2 Å². The molecular formula is C19H23N2O3+. The number of hydrogen-bond acceptors (Lipinski definition) is 4. The van der Waals surface area contributed by atoms with Gasteiger partial charge in [0.1, 0.15) is 7.05 Å². The number of pyridine rings is 1. The van der Waals surface area contributed by atoms with Gasteiger partial charge in [0, 0.05) is 30.3 Å². The largest absolute Gasteiger partial charge is 0.492 e. The van der Waals surface area contributed by atoms with E-state index >= 15 is 0 Å². The van der Waals surface area contributed by atoms with Gasteiger partial charge in [-0.1, -0.05) is 6.07 Å². The maximum atomic E-state index is 5.76. The third-order valence-corrected chi connectivity index (χ3v) is 5.11. The predicted molar refractivity (Wildman–Crippen MR) is 89.5 cm³/mol. The number of fused-ring (bicyclic) bond motifs is 2. The van der Waals surface area contributed by atoms with Crippen molar-refractivity contribution in [1.82, 2.24) is 4.90 Å². The number of benzene rings is 1. The van der Waals surface area contributed by atoms with Crippen LogP contribution < -0.4 is 18.8 Å². The van der Waals surface area contributed by atoms with E-state index < -0.39 is 0 Å². The highest BCUT2D eigenvalue weighted by atomic mass is 16.7. The third kappa shape index (κ3) is 2.40. The van der Waals surface area contributed by atoms with Crippen molar-refractivity contribution in [3.05, 3.63) is 47.3 Å². The van der Waals surface area contributed by atoms with E-state index in [-0.39, 0.29) is 12.8 Å². The third-order valence-electron chi connectivity index (χ3n) is 5.11. The van der Waals surface area contributed by atoms with Gasteiger partial charge in [0.05, 0.1) is 13.5 Å².